The molecule has 2 unspecified atom stereocenters. The van der Waals surface area contributed by atoms with Gasteiger partial charge in [0.25, 0.3) is 21.8 Å². The van der Waals surface area contributed by atoms with Crippen molar-refractivity contribution in [3.05, 3.63) is 65.2 Å². The van der Waals surface area contributed by atoms with E-state index in [1.165, 1.54) is 30.3 Å². The molecule has 19 heteroatoms. The Bertz CT molecular complexity index is 2060. The van der Waals surface area contributed by atoms with Crippen LogP contribution in [-0.4, -0.2) is 82.0 Å². The molecular weight excluding hydrogens is 717 g/mol. The number of aryl methyl sites for hydroxylation is 1. The van der Waals surface area contributed by atoms with Crippen LogP contribution in [0.2, 0.25) is 0 Å². The van der Waals surface area contributed by atoms with Gasteiger partial charge >= 0.3 is 7.60 Å². The number of hydrogen-bond acceptors (Lipinski definition) is 12. The van der Waals surface area contributed by atoms with Gasteiger partial charge in [-0.3, -0.25) is 14.2 Å². The summed E-state index contributed by atoms with van der Waals surface area (Å²) in [6.45, 7) is 4.80. The van der Waals surface area contributed by atoms with Gasteiger partial charge in [0.1, 0.15) is 23.7 Å². The third-order valence-corrected chi connectivity index (χ3v) is 11.0. The molecule has 0 fully saturated rings. The monoisotopic (exact) mass is 753 g/mol. The van der Waals surface area contributed by atoms with E-state index in [1.54, 1.807) is 26.8 Å². The molecule has 9 N–H and O–H groups in total. The molecule has 2 atom stereocenters. The van der Waals surface area contributed by atoms with Crippen molar-refractivity contribution in [2.24, 2.45) is 0 Å². The lowest BCUT2D eigenvalue weighted by Crippen LogP contribution is -2.37. The Kier molecular flexibility index (Phi) is 11.9. The number of amides is 2. The van der Waals surface area contributed by atoms with E-state index in [0.29, 0.717) is 15.6 Å². The fraction of sp³-hybridized carbons (Fsp3) is 0.290. The molecule has 2 amide bonds. The first kappa shape index (κ1) is 38.2. The smallest absolute Gasteiger partial charge is 0.340 e. The van der Waals surface area contributed by atoms with E-state index in [-0.39, 0.29) is 58.0 Å². The van der Waals surface area contributed by atoms with Gasteiger partial charge in [0.2, 0.25) is 0 Å². The maximum atomic E-state index is 13.1. The molecule has 16 nitrogen and oxygen atoms in total. The van der Waals surface area contributed by atoms with E-state index in [2.05, 4.69) is 10.6 Å². The molecule has 50 heavy (non-hydrogen) atoms. The number of nitrogens with one attached hydrogen (secondary N) is 3. The highest BCUT2D eigenvalue weighted by Gasteiger charge is 2.27. The predicted octanol–water partition coefficient (Wildman–Crippen LogP) is 3.09. The van der Waals surface area contributed by atoms with Crippen LogP contribution in [0.5, 0.6) is 34.5 Å². The van der Waals surface area contributed by atoms with Crippen molar-refractivity contribution in [1.82, 2.24) is 15.4 Å². The molecule has 4 rings (SSSR count). The third-order valence-electron chi connectivity index (χ3n) is 7.09. The van der Waals surface area contributed by atoms with Crippen LogP contribution in [0.25, 0.3) is 10.1 Å². The molecule has 3 aromatic carbocycles. The van der Waals surface area contributed by atoms with Gasteiger partial charge in [-0.05, 0) is 68.3 Å². The fourth-order valence-electron chi connectivity index (χ4n) is 4.60. The summed E-state index contributed by atoms with van der Waals surface area (Å²) in [5.74, 6) is -2.52. The highest BCUT2D eigenvalue weighted by Crippen LogP contribution is 2.42. The number of thiophene rings is 1. The molecule has 0 radical (unpaired) electrons. The topological polar surface area (TPSA) is 261 Å². The first-order valence-electron chi connectivity index (χ1n) is 14.9. The van der Waals surface area contributed by atoms with Crippen LogP contribution in [0.3, 0.4) is 0 Å². The second-order valence-electron chi connectivity index (χ2n) is 11.3. The van der Waals surface area contributed by atoms with Gasteiger partial charge in [0, 0.05) is 27.3 Å². The summed E-state index contributed by atoms with van der Waals surface area (Å²) >= 11 is 0.858. The SMILES string of the molecule is CCc1c(S(=O)(=O)NCP(=O)(O)O)sc2cc(OCC(C)NC(=O)c3ccc(O)c(O)c3)c(OCC(C)NC(=O)c3ccc(O)c(O)c3)cc12. The number of phenolic OH excluding ortho intramolecular Hbond substituents is 4. The first-order chi connectivity index (χ1) is 23.4. The number of hydrogen-bond donors (Lipinski definition) is 9. The molecule has 1 aromatic heterocycles. The van der Waals surface area contributed by atoms with E-state index >= 15 is 0 Å². The Hall–Kier alpha value is -4.58. The molecular formula is C31H36N3O13PS2. The number of phenols is 4. The average Bonchev–Trinajstić information content (AvgIpc) is 3.42. The summed E-state index contributed by atoms with van der Waals surface area (Å²) in [7, 11) is -9.03. The normalized spacial score (nSPS) is 13.1. The number of fused-ring (bicyclic) bond motifs is 1. The second kappa shape index (κ2) is 15.5. The lowest BCUT2D eigenvalue weighted by molar-refractivity contribution is 0.0913. The van der Waals surface area contributed by atoms with Crippen LogP contribution < -0.4 is 24.8 Å². The van der Waals surface area contributed by atoms with Crippen LogP contribution in [0.1, 0.15) is 47.1 Å². The predicted molar refractivity (Wildman–Crippen MR) is 183 cm³/mol. The van der Waals surface area contributed by atoms with E-state index in [0.717, 1.165) is 23.5 Å². The van der Waals surface area contributed by atoms with Gasteiger partial charge in [0.05, 0.1) is 12.1 Å². The van der Waals surface area contributed by atoms with Crippen LogP contribution >= 0.6 is 18.9 Å². The molecule has 0 spiro atoms. The molecule has 0 aliphatic carbocycles. The van der Waals surface area contributed by atoms with Crippen molar-refractivity contribution in [1.29, 1.82) is 0 Å². The highest BCUT2D eigenvalue weighted by molar-refractivity contribution is 7.92. The lowest BCUT2D eigenvalue weighted by atomic mass is 10.1. The number of rotatable bonds is 15. The number of sulfonamides is 1. The molecule has 0 aliphatic heterocycles. The summed E-state index contributed by atoms with van der Waals surface area (Å²) in [5.41, 5.74) is 0.539. The zero-order chi connectivity index (χ0) is 37.0. The molecule has 0 bridgehead atoms. The quantitative estimate of drug-likeness (QED) is 0.0625. The fourth-order valence-corrected chi connectivity index (χ4v) is 8.58. The van der Waals surface area contributed by atoms with Crippen LogP contribution in [0.15, 0.2) is 52.7 Å². The van der Waals surface area contributed by atoms with Crippen LogP contribution in [0.4, 0.5) is 0 Å². The van der Waals surface area contributed by atoms with E-state index in [1.807, 2.05) is 4.72 Å². The Morgan fingerprint density at radius 1 is 0.800 bits per heavy atom. The van der Waals surface area contributed by atoms with Crippen LogP contribution in [-0.2, 0) is 21.0 Å². The van der Waals surface area contributed by atoms with Crippen LogP contribution in [0, 0.1) is 0 Å². The summed E-state index contributed by atoms with van der Waals surface area (Å²) in [6, 6.07) is 9.07. The highest BCUT2D eigenvalue weighted by atomic mass is 32.2. The minimum atomic E-state index is -4.70. The number of benzene rings is 3. The molecule has 270 valence electrons. The maximum Gasteiger partial charge on any atom is 0.340 e. The zero-order valence-corrected chi connectivity index (χ0v) is 29.4. The average molecular weight is 754 g/mol. The molecule has 4 aromatic rings. The van der Waals surface area contributed by atoms with E-state index < -0.39 is 59.3 Å². The van der Waals surface area contributed by atoms with Gasteiger partial charge in [-0.1, -0.05) is 6.92 Å². The van der Waals surface area contributed by atoms with Crippen molar-refractivity contribution in [2.45, 2.75) is 43.5 Å². The maximum absolute atomic E-state index is 13.1. The number of ether oxygens (including phenoxy) is 2. The van der Waals surface area contributed by atoms with E-state index in [4.69, 9.17) is 9.47 Å². The Morgan fingerprint density at radius 2 is 1.28 bits per heavy atom. The summed E-state index contributed by atoms with van der Waals surface area (Å²) in [4.78, 5) is 43.9. The standard InChI is InChI=1S/C31H36N3O13PS2/c1-4-20-21-11-26(46-13-16(2)33-29(39)18-5-7-22(35)24(37)9-18)27(12-28(21)49-31(20)50(44,45)32-15-48(41,42)43)47-14-17(3)34-30(40)19-6-8-23(36)25(38)10-19/h5-12,16-17,32,35-38H,4,13-15H2,1-3H3,(H,33,39)(H,34,40)(H2,41,42,43). The van der Waals surface area contributed by atoms with Gasteiger partial charge in [0.15, 0.2) is 34.5 Å². The van der Waals surface area contributed by atoms with Crippen molar-refractivity contribution in [2.75, 3.05) is 19.5 Å². The van der Waals surface area contributed by atoms with E-state index in [9.17, 15) is 52.8 Å². The summed E-state index contributed by atoms with van der Waals surface area (Å²) in [6.07, 6.45) is -0.857. The van der Waals surface area contributed by atoms with Gasteiger partial charge in [-0.25, -0.2) is 8.42 Å². The molecule has 0 saturated heterocycles. The lowest BCUT2D eigenvalue weighted by Gasteiger charge is -2.19. The zero-order valence-electron chi connectivity index (χ0n) is 26.9. The molecule has 0 aliphatic rings. The van der Waals surface area contributed by atoms with Gasteiger partial charge in [-0.15, -0.1) is 11.3 Å². The largest absolute Gasteiger partial charge is 0.504 e. The Labute approximate surface area is 290 Å². The molecule has 1 heterocycles. The minimum absolute atomic E-state index is 0.0860. The van der Waals surface area contributed by atoms with Crippen molar-refractivity contribution in [3.8, 4) is 34.5 Å². The van der Waals surface area contributed by atoms with Crippen molar-refractivity contribution < 1.29 is 62.3 Å². The second-order valence-corrected chi connectivity index (χ2v) is 15.9. The Morgan fingerprint density at radius 3 is 1.72 bits per heavy atom. The number of carbonyl (C=O) groups is 2. The van der Waals surface area contributed by atoms with Gasteiger partial charge < -0.3 is 50.3 Å². The van der Waals surface area contributed by atoms with Crippen molar-refractivity contribution >= 4 is 50.9 Å². The number of aromatic hydroxyl groups is 4. The first-order valence-corrected chi connectivity index (χ1v) is 19.0. The van der Waals surface area contributed by atoms with Crippen molar-refractivity contribution in [3.63, 3.8) is 0 Å². The minimum Gasteiger partial charge on any atom is -0.504 e. The third kappa shape index (κ3) is 9.56. The molecule has 0 saturated carbocycles. The van der Waals surface area contributed by atoms with Gasteiger partial charge in [-0.2, -0.15) is 4.72 Å². The summed E-state index contributed by atoms with van der Waals surface area (Å²) < 4.78 is 51.9. The number of carbonyl (C=O) groups excluding carboxylic acids is 2. The summed E-state index contributed by atoms with van der Waals surface area (Å²) in [5, 5.41) is 44.4. The Balaban J connectivity index is 1.60.